The highest BCUT2D eigenvalue weighted by Gasteiger charge is 2.17. The number of hydrogen-bond acceptors (Lipinski definition) is 2. The van der Waals surface area contributed by atoms with E-state index < -0.39 is 0 Å². The van der Waals surface area contributed by atoms with Crippen molar-refractivity contribution in [3.63, 3.8) is 0 Å². The van der Waals surface area contributed by atoms with Crippen molar-refractivity contribution >= 4 is 29.0 Å². The Hall–Kier alpha value is -1.32. The van der Waals surface area contributed by atoms with E-state index in [2.05, 4.69) is 5.10 Å². The van der Waals surface area contributed by atoms with E-state index in [1.807, 2.05) is 20.9 Å². The Labute approximate surface area is 122 Å². The molecule has 0 bridgehead atoms. The van der Waals surface area contributed by atoms with Gasteiger partial charge in [0.25, 0.3) is 0 Å². The molecule has 1 aromatic heterocycles. The maximum atomic E-state index is 12.3. The third-order valence-corrected chi connectivity index (χ3v) is 3.79. The zero-order chi connectivity index (χ0) is 14.2. The molecule has 19 heavy (non-hydrogen) atoms. The standard InChI is InChI=1S/C14H14Cl2N2O/c1-8-11(9(2)18(3)17-8)7-14(19)12-6-10(15)4-5-13(12)16/h4-6H,7H2,1-3H3. The van der Waals surface area contributed by atoms with Gasteiger partial charge in [-0.05, 0) is 32.0 Å². The number of benzene rings is 1. The molecule has 1 aromatic carbocycles. The fraction of sp³-hybridized carbons (Fsp3) is 0.286. The molecule has 0 aliphatic heterocycles. The van der Waals surface area contributed by atoms with Gasteiger partial charge >= 0.3 is 0 Å². The molecule has 0 radical (unpaired) electrons. The average molecular weight is 297 g/mol. The molecular weight excluding hydrogens is 283 g/mol. The van der Waals surface area contributed by atoms with E-state index in [1.165, 1.54) is 0 Å². The van der Waals surface area contributed by atoms with Gasteiger partial charge in [-0.1, -0.05) is 23.2 Å². The smallest absolute Gasteiger partial charge is 0.168 e. The number of hydrogen-bond donors (Lipinski definition) is 0. The lowest BCUT2D eigenvalue weighted by Crippen LogP contribution is -2.06. The Bertz CT molecular complexity index is 647. The SMILES string of the molecule is Cc1nn(C)c(C)c1CC(=O)c1cc(Cl)ccc1Cl. The molecule has 0 amide bonds. The molecule has 0 saturated heterocycles. The summed E-state index contributed by atoms with van der Waals surface area (Å²) in [6.07, 6.45) is 0.283. The Morgan fingerprint density at radius 2 is 2.00 bits per heavy atom. The number of carbonyl (C=O) groups is 1. The van der Waals surface area contributed by atoms with Crippen LogP contribution in [0.5, 0.6) is 0 Å². The van der Waals surface area contributed by atoms with Gasteiger partial charge in [0.1, 0.15) is 0 Å². The molecule has 3 nitrogen and oxygen atoms in total. The lowest BCUT2D eigenvalue weighted by Gasteiger charge is -2.05. The third-order valence-electron chi connectivity index (χ3n) is 3.23. The zero-order valence-corrected chi connectivity index (χ0v) is 12.5. The summed E-state index contributed by atoms with van der Waals surface area (Å²) in [5, 5.41) is 5.23. The molecule has 0 N–H and O–H groups in total. The quantitative estimate of drug-likeness (QED) is 0.808. The molecule has 0 aliphatic rings. The highest BCUT2D eigenvalue weighted by Crippen LogP contribution is 2.23. The van der Waals surface area contributed by atoms with Crippen LogP contribution in [-0.2, 0) is 13.5 Å². The Kier molecular flexibility index (Phi) is 3.97. The molecule has 0 atom stereocenters. The maximum Gasteiger partial charge on any atom is 0.168 e. The first kappa shape index (κ1) is 14.1. The second kappa shape index (κ2) is 5.35. The number of ketones is 1. The molecule has 0 unspecified atom stereocenters. The van der Waals surface area contributed by atoms with Crippen molar-refractivity contribution in [2.75, 3.05) is 0 Å². The van der Waals surface area contributed by atoms with Crippen LogP contribution in [0.4, 0.5) is 0 Å². The minimum Gasteiger partial charge on any atom is -0.294 e. The summed E-state index contributed by atoms with van der Waals surface area (Å²) >= 11 is 11.9. The largest absolute Gasteiger partial charge is 0.294 e. The summed E-state index contributed by atoms with van der Waals surface area (Å²) in [6.45, 7) is 3.84. The van der Waals surface area contributed by atoms with Gasteiger partial charge < -0.3 is 0 Å². The summed E-state index contributed by atoms with van der Waals surface area (Å²) in [5.74, 6) is -0.0494. The van der Waals surface area contributed by atoms with Crippen LogP contribution < -0.4 is 0 Å². The number of nitrogens with zero attached hydrogens (tertiary/aromatic N) is 2. The van der Waals surface area contributed by atoms with Crippen LogP contribution in [0.3, 0.4) is 0 Å². The topological polar surface area (TPSA) is 34.9 Å². The van der Waals surface area contributed by atoms with E-state index in [1.54, 1.807) is 22.9 Å². The van der Waals surface area contributed by atoms with Gasteiger partial charge in [0, 0.05) is 35.3 Å². The average Bonchev–Trinajstić information content (AvgIpc) is 2.59. The first-order valence-electron chi connectivity index (χ1n) is 5.87. The summed E-state index contributed by atoms with van der Waals surface area (Å²) in [5.41, 5.74) is 3.26. The van der Waals surface area contributed by atoms with Gasteiger partial charge in [-0.15, -0.1) is 0 Å². The van der Waals surface area contributed by atoms with Crippen LogP contribution in [0.25, 0.3) is 0 Å². The lowest BCUT2D eigenvalue weighted by atomic mass is 10.0. The second-order valence-corrected chi connectivity index (χ2v) is 5.34. The van der Waals surface area contributed by atoms with E-state index in [0.29, 0.717) is 15.6 Å². The molecule has 2 rings (SSSR count). The normalized spacial score (nSPS) is 10.8. The maximum absolute atomic E-state index is 12.3. The highest BCUT2D eigenvalue weighted by atomic mass is 35.5. The molecule has 100 valence electrons. The first-order chi connectivity index (χ1) is 8.90. The fourth-order valence-corrected chi connectivity index (χ4v) is 2.44. The number of rotatable bonds is 3. The van der Waals surface area contributed by atoms with Crippen LogP contribution in [0, 0.1) is 13.8 Å². The lowest BCUT2D eigenvalue weighted by molar-refractivity contribution is 0.0992. The van der Waals surface area contributed by atoms with E-state index >= 15 is 0 Å². The van der Waals surface area contributed by atoms with Gasteiger partial charge in [0.2, 0.25) is 0 Å². The Morgan fingerprint density at radius 3 is 2.58 bits per heavy atom. The number of Topliss-reactive ketones (excluding diaryl/α,β-unsaturated/α-hetero) is 1. The number of aryl methyl sites for hydroxylation is 2. The minimum atomic E-state index is -0.0494. The summed E-state index contributed by atoms with van der Waals surface area (Å²) < 4.78 is 1.78. The van der Waals surface area contributed by atoms with Gasteiger partial charge in [-0.25, -0.2) is 0 Å². The minimum absolute atomic E-state index is 0.0494. The first-order valence-corrected chi connectivity index (χ1v) is 6.63. The van der Waals surface area contributed by atoms with Crippen molar-refractivity contribution in [3.05, 3.63) is 50.8 Å². The van der Waals surface area contributed by atoms with E-state index in [9.17, 15) is 4.79 Å². The molecular formula is C14H14Cl2N2O. The van der Waals surface area contributed by atoms with Crippen LogP contribution in [0.15, 0.2) is 18.2 Å². The number of aromatic nitrogens is 2. The Morgan fingerprint density at radius 1 is 1.32 bits per heavy atom. The van der Waals surface area contributed by atoms with Crippen molar-refractivity contribution in [2.24, 2.45) is 7.05 Å². The molecule has 0 fully saturated rings. The van der Waals surface area contributed by atoms with Crippen LogP contribution in [-0.4, -0.2) is 15.6 Å². The molecule has 2 aromatic rings. The summed E-state index contributed by atoms with van der Waals surface area (Å²) in [6, 6.07) is 4.91. The van der Waals surface area contributed by atoms with Crippen molar-refractivity contribution in [1.82, 2.24) is 9.78 Å². The monoisotopic (exact) mass is 296 g/mol. The molecule has 0 saturated carbocycles. The highest BCUT2D eigenvalue weighted by molar-refractivity contribution is 6.35. The van der Waals surface area contributed by atoms with Crippen LogP contribution in [0.1, 0.15) is 27.3 Å². The van der Waals surface area contributed by atoms with E-state index in [0.717, 1.165) is 17.0 Å². The van der Waals surface area contributed by atoms with Gasteiger partial charge in [-0.2, -0.15) is 5.10 Å². The molecule has 1 heterocycles. The van der Waals surface area contributed by atoms with E-state index in [4.69, 9.17) is 23.2 Å². The van der Waals surface area contributed by atoms with Gasteiger partial charge in [0.05, 0.1) is 10.7 Å². The molecule has 0 aliphatic carbocycles. The van der Waals surface area contributed by atoms with Crippen molar-refractivity contribution in [2.45, 2.75) is 20.3 Å². The molecule has 0 spiro atoms. The summed E-state index contributed by atoms with van der Waals surface area (Å²) in [7, 11) is 1.86. The predicted octanol–water partition coefficient (Wildman–Crippen LogP) is 3.77. The van der Waals surface area contributed by atoms with Gasteiger partial charge in [-0.3, -0.25) is 9.48 Å². The number of halogens is 2. The zero-order valence-electron chi connectivity index (χ0n) is 11.0. The summed E-state index contributed by atoms with van der Waals surface area (Å²) in [4.78, 5) is 12.3. The van der Waals surface area contributed by atoms with Gasteiger partial charge in [0.15, 0.2) is 5.78 Å². The van der Waals surface area contributed by atoms with Crippen molar-refractivity contribution < 1.29 is 4.79 Å². The van der Waals surface area contributed by atoms with Crippen LogP contribution >= 0.6 is 23.2 Å². The van der Waals surface area contributed by atoms with Crippen molar-refractivity contribution in [1.29, 1.82) is 0 Å². The van der Waals surface area contributed by atoms with Crippen LogP contribution in [0.2, 0.25) is 10.0 Å². The number of carbonyl (C=O) groups excluding carboxylic acids is 1. The molecule has 5 heteroatoms. The third kappa shape index (κ3) is 2.82. The Balaban J connectivity index is 2.33. The second-order valence-electron chi connectivity index (χ2n) is 4.50. The predicted molar refractivity (Wildman–Crippen MR) is 77.2 cm³/mol. The fourth-order valence-electron chi connectivity index (χ4n) is 2.04. The van der Waals surface area contributed by atoms with E-state index in [-0.39, 0.29) is 12.2 Å². The van der Waals surface area contributed by atoms with Crippen molar-refractivity contribution in [3.8, 4) is 0 Å².